The zero-order valence-corrected chi connectivity index (χ0v) is 13.8. The van der Waals surface area contributed by atoms with E-state index in [0.717, 1.165) is 50.1 Å². The number of rotatable bonds is 3. The van der Waals surface area contributed by atoms with Gasteiger partial charge in [-0.3, -0.25) is 4.98 Å². The molecule has 3 aromatic rings. The Kier molecular flexibility index (Phi) is 4.13. The lowest BCUT2D eigenvalue weighted by molar-refractivity contribution is 0.123. The summed E-state index contributed by atoms with van der Waals surface area (Å²) in [6.45, 7) is 5.18. The molecule has 0 spiro atoms. The van der Waals surface area contributed by atoms with Gasteiger partial charge in [0.2, 0.25) is 0 Å². The average Bonchev–Trinajstić information content (AvgIpc) is 2.95. The molecule has 124 valence electrons. The highest BCUT2D eigenvalue weighted by Crippen LogP contribution is 2.20. The minimum atomic E-state index is 0.386. The molecule has 3 aromatic heterocycles. The van der Waals surface area contributed by atoms with Crippen LogP contribution in [0.25, 0.3) is 5.52 Å². The van der Waals surface area contributed by atoms with Crippen molar-refractivity contribution in [2.45, 2.75) is 13.3 Å². The van der Waals surface area contributed by atoms with Crippen LogP contribution in [0.1, 0.15) is 11.5 Å². The summed E-state index contributed by atoms with van der Waals surface area (Å²) in [5.74, 6) is 2.16. The SMILES string of the molecule is Cc1nccc(N2CCOC[C@@H](Cc3nccn4cccc34)C2)n1. The van der Waals surface area contributed by atoms with Gasteiger partial charge in [-0.1, -0.05) is 0 Å². The van der Waals surface area contributed by atoms with Crippen LogP contribution in [0.3, 0.4) is 0 Å². The van der Waals surface area contributed by atoms with Gasteiger partial charge in [0.25, 0.3) is 0 Å². The molecule has 6 heteroatoms. The molecule has 0 radical (unpaired) electrons. The van der Waals surface area contributed by atoms with E-state index in [4.69, 9.17) is 4.74 Å². The molecule has 4 heterocycles. The molecule has 0 aliphatic carbocycles. The van der Waals surface area contributed by atoms with E-state index in [-0.39, 0.29) is 0 Å². The Morgan fingerprint density at radius 3 is 3.08 bits per heavy atom. The average molecular weight is 323 g/mol. The van der Waals surface area contributed by atoms with Gasteiger partial charge in [-0.2, -0.15) is 0 Å². The summed E-state index contributed by atoms with van der Waals surface area (Å²) in [5, 5.41) is 0. The van der Waals surface area contributed by atoms with Gasteiger partial charge in [0, 0.05) is 43.8 Å². The largest absolute Gasteiger partial charge is 0.379 e. The predicted octanol–water partition coefficient (Wildman–Crippen LogP) is 2.13. The van der Waals surface area contributed by atoms with Gasteiger partial charge >= 0.3 is 0 Å². The maximum absolute atomic E-state index is 5.84. The molecule has 0 N–H and O–H groups in total. The fourth-order valence-corrected chi connectivity index (χ4v) is 3.29. The van der Waals surface area contributed by atoms with Gasteiger partial charge in [-0.05, 0) is 31.5 Å². The zero-order chi connectivity index (χ0) is 16.4. The first-order chi connectivity index (χ1) is 11.8. The number of nitrogens with zero attached hydrogens (tertiary/aromatic N) is 5. The van der Waals surface area contributed by atoms with Gasteiger partial charge in [0.05, 0.1) is 24.4 Å². The van der Waals surface area contributed by atoms with E-state index >= 15 is 0 Å². The van der Waals surface area contributed by atoms with E-state index < -0.39 is 0 Å². The second-order valence-corrected chi connectivity index (χ2v) is 6.23. The number of aromatic nitrogens is 4. The second kappa shape index (κ2) is 6.57. The summed E-state index contributed by atoms with van der Waals surface area (Å²) in [6.07, 6.45) is 8.63. The highest BCUT2D eigenvalue weighted by molar-refractivity contribution is 5.52. The van der Waals surface area contributed by atoms with Gasteiger partial charge in [-0.15, -0.1) is 0 Å². The fourth-order valence-electron chi connectivity index (χ4n) is 3.29. The van der Waals surface area contributed by atoms with Crippen molar-refractivity contribution in [1.82, 2.24) is 19.4 Å². The fraction of sp³-hybridized carbons (Fsp3) is 0.389. The smallest absolute Gasteiger partial charge is 0.132 e. The van der Waals surface area contributed by atoms with Gasteiger partial charge in [-0.25, -0.2) is 9.97 Å². The van der Waals surface area contributed by atoms with Crippen LogP contribution in [0.2, 0.25) is 0 Å². The van der Waals surface area contributed by atoms with Crippen LogP contribution in [-0.4, -0.2) is 45.7 Å². The second-order valence-electron chi connectivity index (χ2n) is 6.23. The molecule has 1 saturated heterocycles. The summed E-state index contributed by atoms with van der Waals surface area (Å²) in [5.41, 5.74) is 2.29. The Balaban J connectivity index is 1.55. The van der Waals surface area contributed by atoms with E-state index in [1.165, 1.54) is 5.52 Å². The van der Waals surface area contributed by atoms with Crippen molar-refractivity contribution in [3.63, 3.8) is 0 Å². The van der Waals surface area contributed by atoms with Crippen LogP contribution in [0, 0.1) is 12.8 Å². The summed E-state index contributed by atoms with van der Waals surface area (Å²) < 4.78 is 7.95. The number of hydrogen-bond donors (Lipinski definition) is 0. The Morgan fingerprint density at radius 2 is 2.17 bits per heavy atom. The highest BCUT2D eigenvalue weighted by atomic mass is 16.5. The minimum absolute atomic E-state index is 0.386. The molecular weight excluding hydrogens is 302 g/mol. The maximum atomic E-state index is 5.84. The van der Waals surface area contributed by atoms with Crippen molar-refractivity contribution in [3.8, 4) is 0 Å². The Bertz CT molecular complexity index is 831. The zero-order valence-electron chi connectivity index (χ0n) is 13.8. The lowest BCUT2D eigenvalue weighted by atomic mass is 10.0. The molecule has 1 atom stereocenters. The molecule has 0 amide bonds. The maximum Gasteiger partial charge on any atom is 0.132 e. The number of fused-ring (bicyclic) bond motifs is 1. The van der Waals surface area contributed by atoms with E-state index in [9.17, 15) is 0 Å². The molecule has 0 bridgehead atoms. The van der Waals surface area contributed by atoms with E-state index in [1.54, 1.807) is 0 Å². The minimum Gasteiger partial charge on any atom is -0.379 e. The summed E-state index contributed by atoms with van der Waals surface area (Å²) in [4.78, 5) is 15.6. The topological polar surface area (TPSA) is 55.5 Å². The van der Waals surface area contributed by atoms with Gasteiger partial charge in [0.1, 0.15) is 11.6 Å². The lowest BCUT2D eigenvalue weighted by Gasteiger charge is -2.24. The summed E-state index contributed by atoms with van der Waals surface area (Å²) >= 11 is 0. The van der Waals surface area contributed by atoms with E-state index in [0.29, 0.717) is 5.92 Å². The number of ether oxygens (including phenoxy) is 1. The lowest BCUT2D eigenvalue weighted by Crippen LogP contribution is -2.31. The normalized spacial score (nSPS) is 18.7. The van der Waals surface area contributed by atoms with Crippen molar-refractivity contribution in [2.75, 3.05) is 31.2 Å². The van der Waals surface area contributed by atoms with Crippen molar-refractivity contribution >= 4 is 11.3 Å². The molecule has 24 heavy (non-hydrogen) atoms. The Labute approximate surface area is 141 Å². The van der Waals surface area contributed by atoms with Gasteiger partial charge in [0.15, 0.2) is 0 Å². The Hall–Kier alpha value is -2.47. The van der Waals surface area contributed by atoms with Crippen LogP contribution in [0.15, 0.2) is 43.0 Å². The molecule has 1 aliphatic heterocycles. The van der Waals surface area contributed by atoms with E-state index in [1.807, 2.05) is 31.6 Å². The molecule has 0 aromatic carbocycles. The predicted molar refractivity (Wildman–Crippen MR) is 92.2 cm³/mol. The van der Waals surface area contributed by atoms with Crippen LogP contribution in [-0.2, 0) is 11.2 Å². The number of hydrogen-bond acceptors (Lipinski definition) is 5. The van der Waals surface area contributed by atoms with Crippen LogP contribution in [0.5, 0.6) is 0 Å². The molecule has 4 rings (SSSR count). The molecule has 0 unspecified atom stereocenters. The quantitative estimate of drug-likeness (QED) is 0.739. The van der Waals surface area contributed by atoms with Crippen molar-refractivity contribution < 1.29 is 4.74 Å². The first-order valence-corrected chi connectivity index (χ1v) is 8.32. The van der Waals surface area contributed by atoms with Crippen LogP contribution < -0.4 is 4.90 Å². The first kappa shape index (κ1) is 15.1. The molecule has 0 saturated carbocycles. The third-order valence-electron chi connectivity index (χ3n) is 4.44. The summed E-state index contributed by atoms with van der Waals surface area (Å²) in [6, 6.07) is 6.15. The number of aryl methyl sites for hydroxylation is 1. The van der Waals surface area contributed by atoms with Crippen LogP contribution in [0.4, 0.5) is 5.82 Å². The Morgan fingerprint density at radius 1 is 1.21 bits per heavy atom. The monoisotopic (exact) mass is 323 g/mol. The summed E-state index contributed by atoms with van der Waals surface area (Å²) in [7, 11) is 0. The van der Waals surface area contributed by atoms with E-state index in [2.05, 4.69) is 42.6 Å². The molecule has 1 aliphatic rings. The van der Waals surface area contributed by atoms with Crippen molar-refractivity contribution in [1.29, 1.82) is 0 Å². The third-order valence-corrected chi connectivity index (χ3v) is 4.44. The highest BCUT2D eigenvalue weighted by Gasteiger charge is 2.21. The first-order valence-electron chi connectivity index (χ1n) is 8.32. The van der Waals surface area contributed by atoms with Gasteiger partial charge < -0.3 is 14.0 Å². The van der Waals surface area contributed by atoms with Crippen molar-refractivity contribution in [2.24, 2.45) is 5.92 Å². The molecular formula is C18H21N5O. The van der Waals surface area contributed by atoms with Crippen molar-refractivity contribution in [3.05, 3.63) is 54.5 Å². The van der Waals surface area contributed by atoms with Crippen LogP contribution >= 0.6 is 0 Å². The number of anilines is 1. The molecule has 1 fully saturated rings. The third kappa shape index (κ3) is 3.10. The standard InChI is InChI=1S/C18H21N5O/c1-14-19-5-4-18(21-14)23-9-10-24-13-15(12-23)11-16-17-3-2-7-22(17)8-6-20-16/h2-8,15H,9-13H2,1H3/t15-/m0/s1. The molecule has 6 nitrogen and oxygen atoms in total.